The number of nitrogens with zero attached hydrogens (tertiary/aromatic N) is 3. The van der Waals surface area contributed by atoms with Crippen LogP contribution in [0.5, 0.6) is 0 Å². The average molecular weight is 358 g/mol. The highest BCUT2D eigenvalue weighted by molar-refractivity contribution is 7.20. The first-order chi connectivity index (χ1) is 11.8. The van der Waals surface area contributed by atoms with Gasteiger partial charge in [-0.25, -0.2) is 9.78 Å². The molecule has 0 aliphatic carbocycles. The molecule has 3 aromatic rings. The summed E-state index contributed by atoms with van der Waals surface area (Å²) in [5, 5.41) is 9.59. The number of amides is 1. The van der Waals surface area contributed by atoms with Crippen LogP contribution >= 0.6 is 11.3 Å². The van der Waals surface area contributed by atoms with Crippen LogP contribution in [-0.2, 0) is 4.79 Å². The lowest BCUT2D eigenvalue weighted by molar-refractivity contribution is -0.140. The molecule has 0 saturated carbocycles. The Hall–Kier alpha value is -3.07. The third kappa shape index (κ3) is 2.68. The highest BCUT2D eigenvalue weighted by atomic mass is 32.1. The molecule has 0 saturated heterocycles. The fourth-order valence-electron chi connectivity index (χ4n) is 2.58. The predicted octanol–water partition coefficient (Wildman–Crippen LogP) is 1.57. The lowest BCUT2D eigenvalue weighted by Crippen LogP contribution is -2.30. The highest BCUT2D eigenvalue weighted by Crippen LogP contribution is 2.29. The van der Waals surface area contributed by atoms with Crippen LogP contribution in [0.25, 0.3) is 21.7 Å². The lowest BCUT2D eigenvalue weighted by Gasteiger charge is -2.15. The van der Waals surface area contributed by atoms with E-state index in [1.54, 1.807) is 25.1 Å². The molecule has 0 radical (unpaired) electrons. The number of thiophene rings is 1. The maximum atomic E-state index is 13.0. The summed E-state index contributed by atoms with van der Waals surface area (Å²) in [6, 6.07) is 3.89. The van der Waals surface area contributed by atoms with Crippen molar-refractivity contribution in [3.05, 3.63) is 45.2 Å². The third-order valence-electron chi connectivity index (χ3n) is 3.86. The van der Waals surface area contributed by atoms with Gasteiger partial charge in [0, 0.05) is 6.20 Å². The van der Waals surface area contributed by atoms with Crippen molar-refractivity contribution in [2.24, 2.45) is 5.73 Å². The molecular formula is C16H14N4O4S. The van der Waals surface area contributed by atoms with Crippen LogP contribution in [0.15, 0.2) is 29.2 Å². The molecule has 25 heavy (non-hydrogen) atoms. The van der Waals surface area contributed by atoms with Gasteiger partial charge < -0.3 is 10.8 Å². The van der Waals surface area contributed by atoms with Gasteiger partial charge in [0.1, 0.15) is 16.6 Å². The number of aliphatic carboxylic acids is 1. The fourth-order valence-corrected chi connectivity index (χ4v) is 3.60. The number of carbonyl (C=O) groups excluding carboxylic acids is 1. The van der Waals surface area contributed by atoms with Crippen molar-refractivity contribution in [1.29, 1.82) is 0 Å². The summed E-state index contributed by atoms with van der Waals surface area (Å²) >= 11 is 1.01. The highest BCUT2D eigenvalue weighted by Gasteiger charge is 2.26. The van der Waals surface area contributed by atoms with E-state index >= 15 is 0 Å². The van der Waals surface area contributed by atoms with Crippen molar-refractivity contribution < 1.29 is 14.7 Å². The van der Waals surface area contributed by atoms with Crippen LogP contribution < -0.4 is 11.3 Å². The number of primary amides is 1. The van der Waals surface area contributed by atoms with E-state index in [0.717, 1.165) is 15.9 Å². The number of carbonyl (C=O) groups is 2. The number of fused-ring (bicyclic) bond motifs is 1. The molecule has 1 unspecified atom stereocenters. The predicted molar refractivity (Wildman–Crippen MR) is 92.7 cm³/mol. The molecule has 1 atom stereocenters. The van der Waals surface area contributed by atoms with Gasteiger partial charge >= 0.3 is 5.97 Å². The number of aromatic nitrogens is 3. The first-order valence-electron chi connectivity index (χ1n) is 7.32. The molecule has 0 spiro atoms. The van der Waals surface area contributed by atoms with E-state index in [0.29, 0.717) is 16.1 Å². The molecule has 1 amide bonds. The van der Waals surface area contributed by atoms with Gasteiger partial charge in [0.25, 0.3) is 11.5 Å². The quantitative estimate of drug-likeness (QED) is 0.728. The maximum absolute atomic E-state index is 13.0. The Morgan fingerprint density at radius 2 is 2.08 bits per heavy atom. The van der Waals surface area contributed by atoms with E-state index in [1.807, 2.05) is 0 Å². The van der Waals surface area contributed by atoms with Gasteiger partial charge in [0.2, 0.25) is 0 Å². The fraction of sp³-hybridized carbons (Fsp3) is 0.188. The topological polar surface area (TPSA) is 128 Å². The summed E-state index contributed by atoms with van der Waals surface area (Å²) in [5.41, 5.74) is 5.58. The minimum atomic E-state index is -1.18. The maximum Gasteiger partial charge on any atom is 0.326 e. The SMILES string of the molecule is Cc1c(C(N)=O)sc2nc(-c3ccccn3)n(C(C)C(=O)O)c(=O)c12. The zero-order chi connectivity index (χ0) is 18.3. The summed E-state index contributed by atoms with van der Waals surface area (Å²) in [6.45, 7) is 2.98. The molecular weight excluding hydrogens is 344 g/mol. The number of hydrogen-bond acceptors (Lipinski definition) is 6. The zero-order valence-corrected chi connectivity index (χ0v) is 14.2. The number of hydrogen-bond donors (Lipinski definition) is 2. The Labute approximate surface area is 145 Å². The van der Waals surface area contributed by atoms with Gasteiger partial charge in [-0.05, 0) is 31.5 Å². The number of rotatable bonds is 4. The van der Waals surface area contributed by atoms with E-state index < -0.39 is 23.5 Å². The van der Waals surface area contributed by atoms with Crippen LogP contribution in [0.3, 0.4) is 0 Å². The average Bonchev–Trinajstić information content (AvgIpc) is 2.92. The molecule has 8 nitrogen and oxygen atoms in total. The van der Waals surface area contributed by atoms with Gasteiger partial charge in [0.15, 0.2) is 5.82 Å². The molecule has 0 aliphatic rings. The van der Waals surface area contributed by atoms with Crippen molar-refractivity contribution >= 4 is 33.4 Å². The molecule has 3 N–H and O–H groups in total. The number of carboxylic acid groups (broad SMARTS) is 1. The molecule has 0 aliphatic heterocycles. The Balaban J connectivity index is 2.45. The van der Waals surface area contributed by atoms with E-state index in [1.165, 1.54) is 13.1 Å². The Morgan fingerprint density at radius 1 is 1.36 bits per heavy atom. The zero-order valence-electron chi connectivity index (χ0n) is 13.4. The first kappa shape index (κ1) is 16.8. The summed E-state index contributed by atoms with van der Waals surface area (Å²) in [7, 11) is 0. The Bertz CT molecular complexity index is 1060. The van der Waals surface area contributed by atoms with Crippen LogP contribution in [0, 0.1) is 6.92 Å². The van der Waals surface area contributed by atoms with Crippen LogP contribution in [0.1, 0.15) is 28.2 Å². The second-order valence-electron chi connectivity index (χ2n) is 5.44. The van der Waals surface area contributed by atoms with Gasteiger partial charge in [-0.2, -0.15) is 0 Å². The number of aryl methyl sites for hydroxylation is 1. The summed E-state index contributed by atoms with van der Waals surface area (Å²) in [6.07, 6.45) is 1.52. The normalized spacial score (nSPS) is 12.2. The second kappa shape index (κ2) is 6.10. The first-order valence-corrected chi connectivity index (χ1v) is 8.14. The largest absolute Gasteiger partial charge is 0.480 e. The molecule has 0 bridgehead atoms. The van der Waals surface area contributed by atoms with Crippen LogP contribution in [0.2, 0.25) is 0 Å². The molecule has 3 aromatic heterocycles. The van der Waals surface area contributed by atoms with Crippen molar-refractivity contribution in [3.63, 3.8) is 0 Å². The Kier molecular flexibility index (Phi) is 4.09. The number of pyridine rings is 1. The van der Waals surface area contributed by atoms with E-state index in [9.17, 15) is 19.5 Å². The summed E-state index contributed by atoms with van der Waals surface area (Å²) < 4.78 is 1.08. The second-order valence-corrected chi connectivity index (χ2v) is 6.44. The molecule has 0 fully saturated rings. The van der Waals surface area contributed by atoms with Gasteiger partial charge in [0.05, 0.1) is 10.3 Å². The minimum absolute atomic E-state index is 0.130. The van der Waals surface area contributed by atoms with Crippen molar-refractivity contribution in [2.45, 2.75) is 19.9 Å². The van der Waals surface area contributed by atoms with Gasteiger partial charge in [-0.15, -0.1) is 11.3 Å². The van der Waals surface area contributed by atoms with Gasteiger partial charge in [-0.1, -0.05) is 6.07 Å². The van der Waals surface area contributed by atoms with Crippen molar-refractivity contribution in [1.82, 2.24) is 14.5 Å². The molecule has 3 rings (SSSR count). The van der Waals surface area contributed by atoms with Gasteiger partial charge in [-0.3, -0.25) is 19.1 Å². The summed E-state index contributed by atoms with van der Waals surface area (Å²) in [4.78, 5) is 45.2. The molecule has 128 valence electrons. The minimum Gasteiger partial charge on any atom is -0.480 e. The number of nitrogens with two attached hydrogens (primary N) is 1. The van der Waals surface area contributed by atoms with Crippen LogP contribution in [0.4, 0.5) is 0 Å². The Morgan fingerprint density at radius 3 is 2.64 bits per heavy atom. The smallest absolute Gasteiger partial charge is 0.326 e. The molecule has 0 aromatic carbocycles. The monoisotopic (exact) mass is 358 g/mol. The molecule has 3 heterocycles. The van der Waals surface area contributed by atoms with E-state index in [2.05, 4.69) is 9.97 Å². The lowest BCUT2D eigenvalue weighted by atomic mass is 10.2. The van der Waals surface area contributed by atoms with Crippen LogP contribution in [-0.4, -0.2) is 31.5 Å². The number of carboxylic acids is 1. The third-order valence-corrected chi connectivity index (χ3v) is 5.06. The standard InChI is InChI=1S/C16H14N4O4S/c1-7-10-14(25-11(7)12(17)21)19-13(9-5-3-4-6-18-9)20(15(10)22)8(2)16(23)24/h3-6,8H,1-2H3,(H2,17,21)(H,23,24). The molecule has 9 heteroatoms. The summed E-state index contributed by atoms with van der Waals surface area (Å²) in [5.74, 6) is -1.70. The van der Waals surface area contributed by atoms with Crippen molar-refractivity contribution in [3.8, 4) is 11.5 Å². The van der Waals surface area contributed by atoms with E-state index in [-0.39, 0.29) is 16.1 Å². The van der Waals surface area contributed by atoms with Crippen molar-refractivity contribution in [2.75, 3.05) is 0 Å². The van der Waals surface area contributed by atoms with E-state index in [4.69, 9.17) is 5.73 Å².